The van der Waals surface area contributed by atoms with Gasteiger partial charge in [-0.1, -0.05) is 5.16 Å². The number of hydrogen-bond acceptors (Lipinski definition) is 6. The Morgan fingerprint density at radius 1 is 1.59 bits per heavy atom. The highest BCUT2D eigenvalue weighted by Crippen LogP contribution is 2.22. The lowest BCUT2D eigenvalue weighted by Crippen LogP contribution is -2.47. The maximum atomic E-state index is 12.2. The molecule has 1 aromatic rings. The molecule has 124 valence electrons. The van der Waals surface area contributed by atoms with Crippen LogP contribution < -0.4 is 5.32 Å². The fourth-order valence-corrected chi connectivity index (χ4v) is 2.60. The summed E-state index contributed by atoms with van der Waals surface area (Å²) in [4.78, 5) is 18.0. The second kappa shape index (κ2) is 7.09. The number of rotatable bonds is 4. The molecule has 0 saturated carbocycles. The number of amides is 1. The molecule has 22 heavy (non-hydrogen) atoms. The minimum atomic E-state index is -0.452. The third kappa shape index (κ3) is 4.98. The molecular formula is C15H26N4O3. The average Bonchev–Trinajstić information content (AvgIpc) is 2.96. The number of nitrogens with zero attached hydrogens (tertiary/aromatic N) is 3. The van der Waals surface area contributed by atoms with Gasteiger partial charge in [0.05, 0.1) is 6.54 Å². The fraction of sp³-hybridized carbons (Fsp3) is 0.800. The van der Waals surface area contributed by atoms with Crippen LogP contribution in [0, 0.1) is 5.92 Å². The molecule has 2 unspecified atom stereocenters. The Hall–Kier alpha value is -1.63. The van der Waals surface area contributed by atoms with Crippen LogP contribution in [0.25, 0.3) is 0 Å². The molecular weight excluding hydrogens is 284 g/mol. The number of nitrogens with one attached hydrogen (secondary N) is 1. The molecule has 1 aliphatic rings. The summed E-state index contributed by atoms with van der Waals surface area (Å²) in [6.45, 7) is 9.85. The van der Waals surface area contributed by atoms with E-state index in [1.165, 1.54) is 6.39 Å². The standard InChI is InChI=1S/C15H26N4O3/c1-11(16-8-13-17-10-21-18-13)12-6-5-7-19(9-12)14(20)22-15(2,3)4/h10-12,16H,5-9H2,1-4H3. The number of aromatic nitrogens is 2. The number of carbonyl (C=O) groups is 1. The molecule has 7 heteroatoms. The molecule has 1 saturated heterocycles. The van der Waals surface area contributed by atoms with Crippen LogP contribution in [0.2, 0.25) is 0 Å². The molecule has 0 spiro atoms. The van der Waals surface area contributed by atoms with Gasteiger partial charge in [0.1, 0.15) is 5.60 Å². The van der Waals surface area contributed by atoms with Crippen LogP contribution in [0.1, 0.15) is 46.4 Å². The topological polar surface area (TPSA) is 80.5 Å². The summed E-state index contributed by atoms with van der Waals surface area (Å²) >= 11 is 0. The van der Waals surface area contributed by atoms with E-state index in [1.807, 2.05) is 25.7 Å². The van der Waals surface area contributed by atoms with Gasteiger partial charge in [-0.2, -0.15) is 4.98 Å². The Balaban J connectivity index is 1.82. The first-order valence-corrected chi connectivity index (χ1v) is 7.82. The smallest absolute Gasteiger partial charge is 0.410 e. The molecule has 1 fully saturated rings. The zero-order valence-corrected chi connectivity index (χ0v) is 13.8. The highest BCUT2D eigenvalue weighted by molar-refractivity contribution is 5.68. The van der Waals surface area contributed by atoms with Crippen molar-refractivity contribution in [1.29, 1.82) is 0 Å². The lowest BCUT2D eigenvalue weighted by atomic mass is 9.92. The van der Waals surface area contributed by atoms with Crippen molar-refractivity contribution in [3.63, 3.8) is 0 Å². The predicted octanol–water partition coefficient (Wildman–Crippen LogP) is 2.19. The van der Waals surface area contributed by atoms with Gasteiger partial charge in [-0.05, 0) is 46.5 Å². The molecule has 0 aliphatic carbocycles. The van der Waals surface area contributed by atoms with Gasteiger partial charge in [-0.15, -0.1) is 0 Å². The van der Waals surface area contributed by atoms with Crippen molar-refractivity contribution in [2.75, 3.05) is 13.1 Å². The first-order chi connectivity index (χ1) is 10.3. The number of ether oxygens (including phenoxy) is 1. The van der Waals surface area contributed by atoms with Crippen LogP contribution in [-0.2, 0) is 11.3 Å². The molecule has 2 rings (SSSR count). The van der Waals surface area contributed by atoms with Gasteiger partial charge in [0.15, 0.2) is 5.82 Å². The highest BCUT2D eigenvalue weighted by atomic mass is 16.6. The Labute approximate surface area is 131 Å². The summed E-state index contributed by atoms with van der Waals surface area (Å²) in [6, 6.07) is 0.267. The Morgan fingerprint density at radius 2 is 2.36 bits per heavy atom. The normalized spacial score (nSPS) is 20.7. The van der Waals surface area contributed by atoms with E-state index in [2.05, 4.69) is 22.4 Å². The van der Waals surface area contributed by atoms with Crippen LogP contribution >= 0.6 is 0 Å². The van der Waals surface area contributed by atoms with Gasteiger partial charge >= 0.3 is 6.09 Å². The van der Waals surface area contributed by atoms with Crippen molar-refractivity contribution in [3.8, 4) is 0 Å². The maximum absolute atomic E-state index is 12.2. The molecule has 0 aromatic carbocycles. The summed E-state index contributed by atoms with van der Waals surface area (Å²) in [5.41, 5.74) is -0.452. The molecule has 1 N–H and O–H groups in total. The monoisotopic (exact) mass is 310 g/mol. The van der Waals surface area contributed by atoms with Gasteiger partial charge in [0.2, 0.25) is 6.39 Å². The van der Waals surface area contributed by atoms with E-state index in [0.717, 1.165) is 25.9 Å². The highest BCUT2D eigenvalue weighted by Gasteiger charge is 2.30. The third-order valence-corrected chi connectivity index (χ3v) is 3.81. The van der Waals surface area contributed by atoms with Crippen molar-refractivity contribution >= 4 is 6.09 Å². The SMILES string of the molecule is CC(NCc1ncon1)C1CCCN(C(=O)OC(C)(C)C)C1. The Kier molecular flexibility index (Phi) is 5.39. The number of piperidine rings is 1. The van der Waals surface area contributed by atoms with E-state index in [0.29, 0.717) is 18.3 Å². The van der Waals surface area contributed by atoms with E-state index in [1.54, 1.807) is 0 Å². The van der Waals surface area contributed by atoms with Crippen molar-refractivity contribution in [2.24, 2.45) is 5.92 Å². The maximum Gasteiger partial charge on any atom is 0.410 e. The zero-order valence-electron chi connectivity index (χ0n) is 13.8. The van der Waals surface area contributed by atoms with E-state index < -0.39 is 5.60 Å². The molecule has 1 aromatic heterocycles. The molecule has 2 atom stereocenters. The van der Waals surface area contributed by atoms with E-state index in [4.69, 9.17) is 9.26 Å². The molecule has 0 bridgehead atoms. The Morgan fingerprint density at radius 3 is 3.00 bits per heavy atom. The van der Waals surface area contributed by atoms with E-state index >= 15 is 0 Å². The van der Waals surface area contributed by atoms with Crippen molar-refractivity contribution in [3.05, 3.63) is 12.2 Å². The van der Waals surface area contributed by atoms with Gasteiger partial charge in [-0.3, -0.25) is 0 Å². The van der Waals surface area contributed by atoms with Gasteiger partial charge in [0.25, 0.3) is 0 Å². The van der Waals surface area contributed by atoms with Crippen molar-refractivity contribution in [1.82, 2.24) is 20.4 Å². The van der Waals surface area contributed by atoms with Crippen LogP contribution in [0.3, 0.4) is 0 Å². The number of hydrogen-bond donors (Lipinski definition) is 1. The van der Waals surface area contributed by atoms with Crippen LogP contribution in [0.15, 0.2) is 10.9 Å². The molecule has 2 heterocycles. The van der Waals surface area contributed by atoms with E-state index in [-0.39, 0.29) is 12.1 Å². The summed E-state index contributed by atoms with van der Waals surface area (Å²) in [6.07, 6.45) is 3.20. The predicted molar refractivity (Wildman–Crippen MR) is 81.1 cm³/mol. The number of likely N-dealkylation sites (tertiary alicyclic amines) is 1. The summed E-state index contributed by atoms with van der Waals surface area (Å²) in [5, 5.41) is 7.18. The summed E-state index contributed by atoms with van der Waals surface area (Å²) < 4.78 is 10.2. The first kappa shape index (κ1) is 16.7. The second-order valence-electron chi connectivity index (χ2n) is 6.85. The van der Waals surface area contributed by atoms with Crippen LogP contribution in [-0.4, -0.2) is 45.9 Å². The van der Waals surface area contributed by atoms with Gasteiger partial charge in [-0.25, -0.2) is 4.79 Å². The van der Waals surface area contributed by atoms with Crippen molar-refractivity contribution in [2.45, 2.75) is 58.7 Å². The minimum Gasteiger partial charge on any atom is -0.444 e. The van der Waals surface area contributed by atoms with Gasteiger partial charge in [0, 0.05) is 19.1 Å². The molecule has 1 amide bonds. The number of carbonyl (C=O) groups excluding carboxylic acids is 1. The van der Waals surface area contributed by atoms with E-state index in [9.17, 15) is 4.79 Å². The lowest BCUT2D eigenvalue weighted by molar-refractivity contribution is 0.0148. The lowest BCUT2D eigenvalue weighted by Gasteiger charge is -2.36. The largest absolute Gasteiger partial charge is 0.444 e. The van der Waals surface area contributed by atoms with Crippen molar-refractivity contribution < 1.29 is 14.1 Å². The first-order valence-electron chi connectivity index (χ1n) is 7.82. The zero-order chi connectivity index (χ0) is 16.2. The van der Waals surface area contributed by atoms with Crippen LogP contribution in [0.5, 0.6) is 0 Å². The van der Waals surface area contributed by atoms with Gasteiger partial charge < -0.3 is 19.5 Å². The summed E-state index contributed by atoms with van der Waals surface area (Å²) in [5.74, 6) is 1.04. The quantitative estimate of drug-likeness (QED) is 0.918. The third-order valence-electron chi connectivity index (χ3n) is 3.81. The Bertz CT molecular complexity index is 470. The molecule has 1 aliphatic heterocycles. The molecule has 0 radical (unpaired) electrons. The second-order valence-corrected chi connectivity index (χ2v) is 6.85. The fourth-order valence-electron chi connectivity index (χ4n) is 2.60. The minimum absolute atomic E-state index is 0.220. The average molecular weight is 310 g/mol. The van der Waals surface area contributed by atoms with Crippen LogP contribution in [0.4, 0.5) is 4.79 Å². The summed E-state index contributed by atoms with van der Waals surface area (Å²) in [7, 11) is 0. The molecule has 7 nitrogen and oxygen atoms in total.